The molecule has 21 heavy (non-hydrogen) atoms. The number of hydrogen-bond acceptors (Lipinski definition) is 5. The van der Waals surface area contributed by atoms with Crippen molar-refractivity contribution in [2.75, 3.05) is 12.4 Å². The third-order valence-corrected chi connectivity index (χ3v) is 3.72. The maximum absolute atomic E-state index is 11.0. The van der Waals surface area contributed by atoms with Crippen molar-refractivity contribution in [1.82, 2.24) is 5.32 Å². The Labute approximate surface area is 128 Å². The van der Waals surface area contributed by atoms with Crippen molar-refractivity contribution in [2.45, 2.75) is 26.2 Å². The van der Waals surface area contributed by atoms with Crippen LogP contribution in [0.25, 0.3) is 0 Å². The van der Waals surface area contributed by atoms with Gasteiger partial charge in [-0.15, -0.1) is 5.10 Å². The number of amidine groups is 1. The zero-order chi connectivity index (χ0) is 14.9. The minimum Gasteiger partial charge on any atom is -0.493 e. The molecule has 112 valence electrons. The molecule has 0 aliphatic carbocycles. The van der Waals surface area contributed by atoms with Crippen LogP contribution < -0.4 is 10.1 Å². The summed E-state index contributed by atoms with van der Waals surface area (Å²) in [7, 11) is 0. The number of nitrogens with one attached hydrogen (secondary N) is 1. The average Bonchev–Trinajstić information content (AvgIpc) is 2.91. The monoisotopic (exact) mass is 305 g/mol. The van der Waals surface area contributed by atoms with Crippen molar-refractivity contribution in [3.05, 3.63) is 29.8 Å². The lowest BCUT2D eigenvalue weighted by Crippen LogP contribution is -2.19. The zero-order valence-electron chi connectivity index (χ0n) is 12.0. The van der Waals surface area contributed by atoms with E-state index in [1.165, 1.54) is 24.6 Å². The molecule has 0 spiro atoms. The number of hydrogen-bond donors (Lipinski definition) is 1. The Balaban J connectivity index is 1.94. The molecule has 1 amide bonds. The summed E-state index contributed by atoms with van der Waals surface area (Å²) in [5, 5.41) is 11.2. The zero-order valence-corrected chi connectivity index (χ0v) is 12.9. The largest absolute Gasteiger partial charge is 0.493 e. The first-order chi connectivity index (χ1) is 10.3. The van der Waals surface area contributed by atoms with E-state index in [0.29, 0.717) is 17.5 Å². The fourth-order valence-electron chi connectivity index (χ4n) is 1.78. The summed E-state index contributed by atoms with van der Waals surface area (Å²) < 4.78 is 5.76. The highest BCUT2D eigenvalue weighted by molar-refractivity contribution is 8.15. The van der Waals surface area contributed by atoms with E-state index >= 15 is 0 Å². The summed E-state index contributed by atoms with van der Waals surface area (Å²) in [5.41, 5.74) is 0.882. The second-order valence-corrected chi connectivity index (χ2v) is 5.54. The van der Waals surface area contributed by atoms with Gasteiger partial charge in [-0.2, -0.15) is 5.10 Å². The normalized spacial score (nSPS) is 16.6. The number of rotatable bonds is 7. The second-order valence-electron chi connectivity index (χ2n) is 4.58. The van der Waals surface area contributed by atoms with Crippen LogP contribution in [0.5, 0.6) is 5.75 Å². The molecule has 0 atom stereocenters. The summed E-state index contributed by atoms with van der Waals surface area (Å²) in [4.78, 5) is 11.0. The van der Waals surface area contributed by atoms with Crippen LogP contribution >= 0.6 is 11.8 Å². The van der Waals surface area contributed by atoms with Crippen molar-refractivity contribution in [1.29, 1.82) is 0 Å². The quantitative estimate of drug-likeness (QED) is 0.478. The fraction of sp³-hybridized carbons (Fsp3) is 0.400. The maximum Gasteiger partial charge on any atom is 0.236 e. The van der Waals surface area contributed by atoms with Gasteiger partial charge in [0.05, 0.1) is 18.6 Å². The Bertz CT molecular complexity index is 543. The third-order valence-electron chi connectivity index (χ3n) is 2.86. The molecule has 1 fully saturated rings. The van der Waals surface area contributed by atoms with Gasteiger partial charge in [-0.05, 0) is 18.6 Å². The molecule has 0 unspecified atom stereocenters. The topological polar surface area (TPSA) is 63.1 Å². The first-order valence-corrected chi connectivity index (χ1v) is 8.03. The van der Waals surface area contributed by atoms with E-state index in [1.54, 1.807) is 6.21 Å². The van der Waals surface area contributed by atoms with E-state index in [-0.39, 0.29) is 5.91 Å². The lowest BCUT2D eigenvalue weighted by Gasteiger charge is -2.07. The summed E-state index contributed by atoms with van der Waals surface area (Å²) in [6, 6.07) is 7.72. The molecule has 1 aliphatic heterocycles. The van der Waals surface area contributed by atoms with Crippen molar-refractivity contribution >= 4 is 29.1 Å². The Morgan fingerprint density at radius 2 is 2.24 bits per heavy atom. The number of ether oxygens (including phenoxy) is 1. The van der Waals surface area contributed by atoms with Crippen molar-refractivity contribution in [3.8, 4) is 5.75 Å². The van der Waals surface area contributed by atoms with Gasteiger partial charge in [0, 0.05) is 5.56 Å². The SMILES string of the molecule is CCCCCOc1ccccc1C=NN=C1NC(=O)CS1. The van der Waals surface area contributed by atoms with Crippen LogP contribution in [0.1, 0.15) is 31.7 Å². The third kappa shape index (κ3) is 5.23. The summed E-state index contributed by atoms with van der Waals surface area (Å²) in [6.45, 7) is 2.87. The molecule has 1 aliphatic rings. The molecule has 1 aromatic carbocycles. The van der Waals surface area contributed by atoms with E-state index in [9.17, 15) is 4.79 Å². The Morgan fingerprint density at radius 1 is 1.38 bits per heavy atom. The Morgan fingerprint density at radius 3 is 3.00 bits per heavy atom. The molecule has 5 nitrogen and oxygen atoms in total. The molecule has 2 rings (SSSR count). The van der Waals surface area contributed by atoms with Crippen LogP contribution in [0.3, 0.4) is 0 Å². The van der Waals surface area contributed by atoms with E-state index in [1.807, 2.05) is 24.3 Å². The molecule has 1 saturated heterocycles. The molecule has 0 saturated carbocycles. The first-order valence-electron chi connectivity index (χ1n) is 7.05. The minimum absolute atomic E-state index is 0.0337. The van der Waals surface area contributed by atoms with Crippen LogP contribution in [0, 0.1) is 0 Å². The number of carbonyl (C=O) groups excluding carboxylic acids is 1. The number of para-hydroxylation sites is 1. The van der Waals surface area contributed by atoms with Crippen LogP contribution in [-0.2, 0) is 4.79 Å². The first kappa shape index (κ1) is 15.6. The van der Waals surface area contributed by atoms with Crippen LogP contribution in [-0.4, -0.2) is 29.6 Å². The lowest BCUT2D eigenvalue weighted by molar-refractivity contribution is -0.116. The number of carbonyl (C=O) groups is 1. The highest BCUT2D eigenvalue weighted by atomic mass is 32.2. The van der Waals surface area contributed by atoms with Gasteiger partial charge in [0.25, 0.3) is 0 Å². The Kier molecular flexibility index (Phi) is 6.27. The molecule has 1 heterocycles. The van der Waals surface area contributed by atoms with Gasteiger partial charge in [-0.3, -0.25) is 4.79 Å². The predicted octanol–water partition coefficient (Wildman–Crippen LogP) is 2.81. The van der Waals surface area contributed by atoms with E-state index in [2.05, 4.69) is 22.4 Å². The standard InChI is InChI=1S/C15H19N3O2S/c1-2-3-6-9-20-13-8-5-4-7-12(13)10-16-18-15-17-14(19)11-21-15/h4-5,7-8,10H,2-3,6,9,11H2,1H3,(H,17,18,19). The van der Waals surface area contributed by atoms with E-state index in [4.69, 9.17) is 4.74 Å². The van der Waals surface area contributed by atoms with E-state index < -0.39 is 0 Å². The van der Waals surface area contributed by atoms with Crippen molar-refractivity contribution in [3.63, 3.8) is 0 Å². The van der Waals surface area contributed by atoms with Gasteiger partial charge < -0.3 is 10.1 Å². The number of unbranched alkanes of at least 4 members (excludes halogenated alkanes) is 2. The average molecular weight is 305 g/mol. The number of benzene rings is 1. The van der Waals surface area contributed by atoms with Crippen LogP contribution in [0.2, 0.25) is 0 Å². The molecule has 6 heteroatoms. The maximum atomic E-state index is 11.0. The highest BCUT2D eigenvalue weighted by Gasteiger charge is 2.15. The summed E-state index contributed by atoms with van der Waals surface area (Å²) >= 11 is 1.35. The lowest BCUT2D eigenvalue weighted by atomic mass is 10.2. The Hall–Kier alpha value is -1.82. The van der Waals surface area contributed by atoms with Crippen LogP contribution in [0.4, 0.5) is 0 Å². The van der Waals surface area contributed by atoms with Crippen molar-refractivity contribution in [2.24, 2.45) is 10.2 Å². The number of amides is 1. The molecular formula is C15H19N3O2S. The number of thioether (sulfide) groups is 1. The summed E-state index contributed by atoms with van der Waals surface area (Å²) in [5.74, 6) is 1.18. The van der Waals surface area contributed by atoms with Gasteiger partial charge in [0.1, 0.15) is 5.75 Å². The number of nitrogens with zero attached hydrogens (tertiary/aromatic N) is 2. The molecule has 1 aromatic rings. The second kappa shape index (κ2) is 8.46. The van der Waals surface area contributed by atoms with Gasteiger partial charge in [0.2, 0.25) is 5.91 Å². The molecule has 0 bridgehead atoms. The van der Waals surface area contributed by atoms with Gasteiger partial charge >= 0.3 is 0 Å². The molecule has 0 radical (unpaired) electrons. The van der Waals surface area contributed by atoms with Gasteiger partial charge in [-0.1, -0.05) is 43.7 Å². The summed E-state index contributed by atoms with van der Waals surface area (Å²) in [6.07, 6.45) is 5.04. The fourth-order valence-corrected chi connectivity index (χ4v) is 2.41. The molecule has 0 aromatic heterocycles. The molecular weight excluding hydrogens is 286 g/mol. The minimum atomic E-state index is -0.0337. The highest BCUT2D eigenvalue weighted by Crippen LogP contribution is 2.17. The predicted molar refractivity (Wildman–Crippen MR) is 87.1 cm³/mol. The molecule has 1 N–H and O–H groups in total. The van der Waals surface area contributed by atoms with Crippen LogP contribution in [0.15, 0.2) is 34.5 Å². The van der Waals surface area contributed by atoms with Gasteiger partial charge in [0.15, 0.2) is 5.17 Å². The van der Waals surface area contributed by atoms with Crippen molar-refractivity contribution < 1.29 is 9.53 Å². The van der Waals surface area contributed by atoms with Gasteiger partial charge in [-0.25, -0.2) is 0 Å². The van der Waals surface area contributed by atoms with E-state index in [0.717, 1.165) is 17.7 Å². The smallest absolute Gasteiger partial charge is 0.236 e.